The van der Waals surface area contributed by atoms with Gasteiger partial charge in [-0.15, -0.1) is 0 Å². The summed E-state index contributed by atoms with van der Waals surface area (Å²) in [6, 6.07) is 6.73. The quantitative estimate of drug-likeness (QED) is 0.891. The van der Waals surface area contributed by atoms with Crippen LogP contribution < -0.4 is 15.4 Å². The number of benzene rings is 1. The number of hydrogen-bond donors (Lipinski definition) is 2. The lowest BCUT2D eigenvalue weighted by Gasteiger charge is -2.24. The van der Waals surface area contributed by atoms with Gasteiger partial charge < -0.3 is 15.4 Å². The van der Waals surface area contributed by atoms with E-state index in [1.54, 1.807) is 0 Å². The number of aryl methyl sites for hydroxylation is 1. The molecule has 2 rings (SSSR count). The summed E-state index contributed by atoms with van der Waals surface area (Å²) in [5, 5.41) is 6.63. The van der Waals surface area contributed by atoms with Gasteiger partial charge in [0.15, 0.2) is 5.96 Å². The van der Waals surface area contributed by atoms with E-state index >= 15 is 0 Å². The summed E-state index contributed by atoms with van der Waals surface area (Å²) in [4.78, 5) is 4.41. The lowest BCUT2D eigenvalue weighted by molar-refractivity contribution is 0.129. The Morgan fingerprint density at radius 1 is 1.40 bits per heavy atom. The predicted molar refractivity (Wildman–Crippen MR) is 83.3 cm³/mol. The fraction of sp³-hybridized carbons (Fsp3) is 0.562. The zero-order valence-electron chi connectivity index (χ0n) is 13.1. The second kappa shape index (κ2) is 5.73. The standard InChI is InChI=1S/C16H25N3O/c1-11-6-7-13(14(8-11)20-16(3,4)5)10-18-15-17-9-12(2)19-15/h6-8,12H,9-10H2,1-5H3,(H2,17,18,19). The van der Waals surface area contributed by atoms with Gasteiger partial charge in [0.2, 0.25) is 0 Å². The lowest BCUT2D eigenvalue weighted by atomic mass is 10.1. The Labute approximate surface area is 121 Å². The first kappa shape index (κ1) is 14.7. The molecule has 2 N–H and O–H groups in total. The molecule has 1 unspecified atom stereocenters. The van der Waals surface area contributed by atoms with Gasteiger partial charge in [0, 0.05) is 18.2 Å². The lowest BCUT2D eigenvalue weighted by Crippen LogP contribution is -2.37. The number of ether oxygens (including phenoxy) is 1. The summed E-state index contributed by atoms with van der Waals surface area (Å²) in [7, 11) is 0. The molecule has 0 bridgehead atoms. The molecule has 1 atom stereocenters. The minimum Gasteiger partial charge on any atom is -0.488 e. The van der Waals surface area contributed by atoms with E-state index in [1.807, 2.05) is 0 Å². The van der Waals surface area contributed by atoms with Crippen LogP contribution in [-0.2, 0) is 6.54 Å². The van der Waals surface area contributed by atoms with Crippen LogP contribution >= 0.6 is 0 Å². The molecule has 20 heavy (non-hydrogen) atoms. The van der Waals surface area contributed by atoms with Gasteiger partial charge >= 0.3 is 0 Å². The van der Waals surface area contributed by atoms with Crippen molar-refractivity contribution in [1.29, 1.82) is 0 Å². The van der Waals surface area contributed by atoms with Gasteiger partial charge in [-0.1, -0.05) is 12.1 Å². The van der Waals surface area contributed by atoms with Crippen molar-refractivity contribution in [3.05, 3.63) is 29.3 Å². The molecule has 0 saturated heterocycles. The molecule has 110 valence electrons. The Hall–Kier alpha value is -1.71. The number of guanidine groups is 1. The van der Waals surface area contributed by atoms with Gasteiger partial charge in [-0.2, -0.15) is 0 Å². The van der Waals surface area contributed by atoms with E-state index in [-0.39, 0.29) is 5.60 Å². The van der Waals surface area contributed by atoms with Gasteiger partial charge in [-0.25, -0.2) is 0 Å². The molecule has 0 aromatic heterocycles. The van der Waals surface area contributed by atoms with Crippen LogP contribution in [0.4, 0.5) is 0 Å². The normalized spacial score (nSPS) is 18.4. The number of nitrogens with zero attached hydrogens (tertiary/aromatic N) is 1. The predicted octanol–water partition coefficient (Wildman–Crippen LogP) is 2.61. The Bertz CT molecular complexity index is 503. The maximum absolute atomic E-state index is 6.05. The fourth-order valence-corrected chi connectivity index (χ4v) is 2.07. The molecule has 4 nitrogen and oxygen atoms in total. The first-order valence-corrected chi connectivity index (χ1v) is 7.17. The zero-order valence-corrected chi connectivity index (χ0v) is 13.1. The van der Waals surface area contributed by atoms with Crippen LogP contribution in [0.2, 0.25) is 0 Å². The van der Waals surface area contributed by atoms with Gasteiger partial charge in [0.1, 0.15) is 11.4 Å². The van der Waals surface area contributed by atoms with Crippen molar-refractivity contribution in [2.45, 2.75) is 52.8 Å². The first-order valence-electron chi connectivity index (χ1n) is 7.17. The van der Waals surface area contributed by atoms with E-state index in [0.29, 0.717) is 12.6 Å². The van der Waals surface area contributed by atoms with Gasteiger partial charge in [-0.3, -0.25) is 4.99 Å². The molecular formula is C16H25N3O. The summed E-state index contributed by atoms with van der Waals surface area (Å²) >= 11 is 0. The van der Waals surface area contributed by atoms with Crippen LogP contribution in [0.1, 0.15) is 38.8 Å². The van der Waals surface area contributed by atoms with E-state index in [4.69, 9.17) is 4.74 Å². The third kappa shape index (κ3) is 4.15. The number of nitrogens with one attached hydrogen (secondary N) is 2. The Morgan fingerprint density at radius 2 is 2.15 bits per heavy atom. The topological polar surface area (TPSA) is 45.7 Å². The second-order valence-electron chi connectivity index (χ2n) is 6.41. The minimum absolute atomic E-state index is 0.194. The summed E-state index contributed by atoms with van der Waals surface area (Å²) in [6.45, 7) is 11.9. The Balaban J connectivity index is 2.07. The molecule has 1 aromatic carbocycles. The number of aliphatic imine (C=N–C) groups is 1. The van der Waals surface area contributed by atoms with Crippen molar-refractivity contribution >= 4 is 5.96 Å². The van der Waals surface area contributed by atoms with E-state index in [9.17, 15) is 0 Å². The highest BCUT2D eigenvalue weighted by Gasteiger charge is 2.16. The maximum atomic E-state index is 6.05. The van der Waals surface area contributed by atoms with Gasteiger partial charge in [0.25, 0.3) is 0 Å². The van der Waals surface area contributed by atoms with Crippen LogP contribution in [0.15, 0.2) is 23.2 Å². The molecule has 0 aliphatic carbocycles. The second-order valence-corrected chi connectivity index (χ2v) is 6.41. The Kier molecular flexibility index (Phi) is 4.21. The highest BCUT2D eigenvalue weighted by molar-refractivity contribution is 5.81. The number of hydrogen-bond acceptors (Lipinski definition) is 4. The zero-order chi connectivity index (χ0) is 14.8. The Morgan fingerprint density at radius 3 is 2.75 bits per heavy atom. The van der Waals surface area contributed by atoms with E-state index in [0.717, 1.165) is 23.8 Å². The largest absolute Gasteiger partial charge is 0.488 e. The van der Waals surface area contributed by atoms with E-state index in [2.05, 4.69) is 68.4 Å². The monoisotopic (exact) mass is 275 g/mol. The highest BCUT2D eigenvalue weighted by Crippen LogP contribution is 2.24. The molecule has 0 spiro atoms. The van der Waals surface area contributed by atoms with Crippen molar-refractivity contribution in [3.8, 4) is 5.75 Å². The van der Waals surface area contributed by atoms with E-state index < -0.39 is 0 Å². The molecule has 0 radical (unpaired) electrons. The minimum atomic E-state index is -0.194. The molecule has 1 aliphatic heterocycles. The van der Waals surface area contributed by atoms with Crippen LogP contribution in [-0.4, -0.2) is 24.1 Å². The van der Waals surface area contributed by atoms with Crippen LogP contribution in [0.25, 0.3) is 0 Å². The molecule has 4 heteroatoms. The van der Waals surface area contributed by atoms with Gasteiger partial charge in [0.05, 0.1) is 6.54 Å². The van der Waals surface area contributed by atoms with Crippen molar-refractivity contribution in [3.63, 3.8) is 0 Å². The van der Waals surface area contributed by atoms with Crippen LogP contribution in [0.3, 0.4) is 0 Å². The molecule has 0 fully saturated rings. The van der Waals surface area contributed by atoms with Crippen LogP contribution in [0.5, 0.6) is 5.75 Å². The molecular weight excluding hydrogens is 250 g/mol. The maximum Gasteiger partial charge on any atom is 0.191 e. The molecule has 1 aromatic rings. The summed E-state index contributed by atoms with van der Waals surface area (Å²) in [6.07, 6.45) is 0. The fourth-order valence-electron chi connectivity index (χ4n) is 2.07. The average Bonchev–Trinajstić information content (AvgIpc) is 2.72. The first-order chi connectivity index (χ1) is 9.33. The van der Waals surface area contributed by atoms with Gasteiger partial charge in [-0.05, 0) is 46.2 Å². The molecule has 0 amide bonds. The van der Waals surface area contributed by atoms with Crippen LogP contribution in [0, 0.1) is 6.92 Å². The van der Waals surface area contributed by atoms with Crippen molar-refractivity contribution in [2.75, 3.05) is 6.54 Å². The average molecular weight is 275 g/mol. The number of rotatable bonds is 3. The third-order valence-electron chi connectivity index (χ3n) is 2.99. The third-order valence-corrected chi connectivity index (χ3v) is 2.99. The molecule has 1 heterocycles. The summed E-state index contributed by atoms with van der Waals surface area (Å²) in [5.74, 6) is 1.82. The smallest absolute Gasteiger partial charge is 0.191 e. The molecule has 1 aliphatic rings. The van der Waals surface area contributed by atoms with E-state index in [1.165, 1.54) is 5.56 Å². The van der Waals surface area contributed by atoms with Crippen molar-refractivity contribution in [1.82, 2.24) is 10.6 Å². The molecule has 0 saturated carbocycles. The summed E-state index contributed by atoms with van der Waals surface area (Å²) < 4.78 is 6.05. The highest BCUT2D eigenvalue weighted by atomic mass is 16.5. The SMILES string of the molecule is Cc1ccc(CNC2=NCC(C)N2)c(OC(C)(C)C)c1. The van der Waals surface area contributed by atoms with Crippen molar-refractivity contribution in [2.24, 2.45) is 4.99 Å². The summed E-state index contributed by atoms with van der Waals surface area (Å²) in [5.41, 5.74) is 2.16. The van der Waals surface area contributed by atoms with Crippen molar-refractivity contribution < 1.29 is 4.74 Å².